The van der Waals surface area contributed by atoms with Gasteiger partial charge in [0.25, 0.3) is 0 Å². The molecule has 30 heavy (non-hydrogen) atoms. The molecule has 3 fully saturated rings. The topological polar surface area (TPSA) is 152 Å². The highest BCUT2D eigenvalue weighted by Gasteiger charge is 2.42. The molecule has 168 valence electrons. The first-order valence-corrected chi connectivity index (χ1v) is 11.2. The van der Waals surface area contributed by atoms with Crippen LogP contribution in [0, 0.1) is 11.8 Å². The van der Waals surface area contributed by atoms with Crippen molar-refractivity contribution in [1.29, 1.82) is 0 Å². The maximum absolute atomic E-state index is 11.2. The van der Waals surface area contributed by atoms with E-state index in [2.05, 4.69) is 16.8 Å². The first kappa shape index (κ1) is 24.4. The van der Waals surface area contributed by atoms with Crippen molar-refractivity contribution in [2.24, 2.45) is 11.8 Å². The molecular weight excluding hydrogens is 412 g/mol. The van der Waals surface area contributed by atoms with Crippen LogP contribution in [0.15, 0.2) is 30.5 Å². The summed E-state index contributed by atoms with van der Waals surface area (Å²) in [6, 6.07) is 8.07. The number of rotatable bonds is 4. The number of aliphatic hydroxyl groups is 1. The fourth-order valence-corrected chi connectivity index (χ4v) is 4.71. The van der Waals surface area contributed by atoms with E-state index in [0.29, 0.717) is 0 Å². The lowest BCUT2D eigenvalue weighted by atomic mass is 9.72. The van der Waals surface area contributed by atoms with Crippen LogP contribution in [-0.4, -0.2) is 64.2 Å². The van der Waals surface area contributed by atoms with Gasteiger partial charge in [0.05, 0.1) is 18.7 Å². The van der Waals surface area contributed by atoms with E-state index < -0.39 is 16.5 Å². The largest absolute Gasteiger partial charge is 0.497 e. The van der Waals surface area contributed by atoms with Crippen LogP contribution in [0.3, 0.4) is 0 Å². The van der Waals surface area contributed by atoms with Crippen molar-refractivity contribution in [2.75, 3.05) is 20.2 Å². The Hall–Kier alpha value is -1.82. The summed E-state index contributed by atoms with van der Waals surface area (Å²) in [6.45, 7) is 4.55. The Bertz CT molecular complexity index is 945. The smallest absolute Gasteiger partial charge is 0.394 e. The molecular formula is C20H30N2O7S. The van der Waals surface area contributed by atoms with Gasteiger partial charge in [-0.2, -0.15) is 8.42 Å². The Morgan fingerprint density at radius 1 is 1.30 bits per heavy atom. The van der Waals surface area contributed by atoms with Crippen molar-refractivity contribution in [1.82, 2.24) is 9.88 Å². The van der Waals surface area contributed by atoms with E-state index >= 15 is 0 Å². The minimum atomic E-state index is -4.67. The van der Waals surface area contributed by atoms with Crippen LogP contribution in [0.25, 0.3) is 10.9 Å². The molecule has 1 aromatic carbocycles. The third kappa shape index (κ3) is 5.65. The number of piperidine rings is 3. The van der Waals surface area contributed by atoms with Crippen molar-refractivity contribution in [3.63, 3.8) is 0 Å². The number of ether oxygens (including phenoxy) is 1. The van der Waals surface area contributed by atoms with E-state index in [-0.39, 0.29) is 11.5 Å². The second-order valence-corrected chi connectivity index (χ2v) is 8.59. The SMILES string of the molecule is CC[C@H]1CN2CC[C@H]1C[C@H]2[C@H](O)c1ccnc2ccc(OC)cc12.O.O=S(=O)(O)O. The number of pyridine rings is 1. The van der Waals surface area contributed by atoms with Crippen LogP contribution in [0.2, 0.25) is 0 Å². The minimum absolute atomic E-state index is 0. The molecule has 2 aromatic rings. The predicted molar refractivity (Wildman–Crippen MR) is 113 cm³/mol. The maximum atomic E-state index is 11.2. The highest BCUT2D eigenvalue weighted by atomic mass is 32.3. The Balaban J connectivity index is 0.000000482. The van der Waals surface area contributed by atoms with Crippen LogP contribution in [0.1, 0.15) is 37.9 Å². The summed E-state index contributed by atoms with van der Waals surface area (Å²) in [5.74, 6) is 2.37. The molecule has 2 bridgehead atoms. The third-order valence-corrected chi connectivity index (χ3v) is 6.13. The molecule has 5 rings (SSSR count). The average Bonchev–Trinajstić information content (AvgIpc) is 2.71. The monoisotopic (exact) mass is 442 g/mol. The molecule has 5 N–H and O–H groups in total. The molecule has 3 aliphatic rings. The fourth-order valence-electron chi connectivity index (χ4n) is 4.71. The van der Waals surface area contributed by atoms with Gasteiger partial charge in [-0.3, -0.25) is 19.0 Å². The number of hydrogen-bond acceptors (Lipinski definition) is 6. The Morgan fingerprint density at radius 2 is 2.00 bits per heavy atom. The first-order chi connectivity index (χ1) is 13.7. The number of hydrogen-bond donors (Lipinski definition) is 3. The van der Waals surface area contributed by atoms with Crippen LogP contribution >= 0.6 is 0 Å². The fraction of sp³-hybridized carbons (Fsp3) is 0.550. The summed E-state index contributed by atoms with van der Waals surface area (Å²) < 4.78 is 36.9. The lowest BCUT2D eigenvalue weighted by Gasteiger charge is -2.51. The van der Waals surface area contributed by atoms with Crippen LogP contribution < -0.4 is 4.74 Å². The zero-order valence-electron chi connectivity index (χ0n) is 17.1. The van der Waals surface area contributed by atoms with Crippen LogP contribution in [0.4, 0.5) is 0 Å². The van der Waals surface area contributed by atoms with Gasteiger partial charge >= 0.3 is 10.4 Å². The lowest BCUT2D eigenvalue weighted by Crippen LogP contribution is -2.55. The zero-order valence-corrected chi connectivity index (χ0v) is 17.9. The summed E-state index contributed by atoms with van der Waals surface area (Å²) in [7, 11) is -3.00. The highest BCUT2D eigenvalue weighted by Crippen LogP contribution is 2.42. The molecule has 3 saturated heterocycles. The van der Waals surface area contributed by atoms with Gasteiger partial charge in [0, 0.05) is 24.2 Å². The molecule has 1 unspecified atom stereocenters. The number of methoxy groups -OCH3 is 1. The van der Waals surface area contributed by atoms with E-state index in [1.54, 1.807) is 13.3 Å². The number of aromatic nitrogens is 1. The van der Waals surface area contributed by atoms with Crippen LogP contribution in [-0.2, 0) is 10.4 Å². The quantitative estimate of drug-likeness (QED) is 0.607. The van der Waals surface area contributed by atoms with E-state index in [9.17, 15) is 5.11 Å². The first-order valence-electron chi connectivity index (χ1n) is 9.76. The number of benzene rings is 1. The highest BCUT2D eigenvalue weighted by molar-refractivity contribution is 7.79. The minimum Gasteiger partial charge on any atom is -0.497 e. The molecule has 0 aliphatic carbocycles. The molecule has 5 atom stereocenters. The van der Waals surface area contributed by atoms with Gasteiger partial charge in [0.1, 0.15) is 5.75 Å². The molecule has 1 aromatic heterocycles. The molecule has 0 saturated carbocycles. The third-order valence-electron chi connectivity index (χ3n) is 6.13. The Labute approximate surface area is 176 Å². The molecule has 0 amide bonds. The molecule has 0 radical (unpaired) electrons. The predicted octanol–water partition coefficient (Wildman–Crippen LogP) is 1.92. The van der Waals surface area contributed by atoms with Crippen LogP contribution in [0.5, 0.6) is 5.75 Å². The lowest BCUT2D eigenvalue weighted by molar-refractivity contribution is -0.0562. The number of aliphatic hydroxyl groups excluding tert-OH is 1. The standard InChI is InChI=1S/C20H26N2O2.H2O4S.H2O/c1-3-13-12-22-9-7-14(13)10-19(22)20(23)16-6-8-21-18-5-4-15(24-2)11-17(16)18;1-5(2,3)4;/h4-6,8,11,13-14,19-20,23H,3,7,9-10,12H2,1-2H3;(H2,1,2,3,4);1H2/t13-,14-,19-,20+;;/m0../s1. The number of fused-ring (bicyclic) bond motifs is 4. The van der Waals surface area contributed by atoms with E-state index in [0.717, 1.165) is 53.6 Å². The summed E-state index contributed by atoms with van der Waals surface area (Å²) in [4.78, 5) is 6.94. The normalized spacial score (nSPS) is 26.3. The van der Waals surface area contributed by atoms with Crippen molar-refractivity contribution in [3.05, 3.63) is 36.0 Å². The molecule has 10 heteroatoms. The van der Waals surface area contributed by atoms with Gasteiger partial charge in [-0.15, -0.1) is 0 Å². The van der Waals surface area contributed by atoms with Crippen molar-refractivity contribution in [3.8, 4) is 5.75 Å². The van der Waals surface area contributed by atoms with E-state index in [4.69, 9.17) is 22.3 Å². The summed E-state index contributed by atoms with van der Waals surface area (Å²) in [6.07, 6.45) is 4.97. The van der Waals surface area contributed by atoms with Gasteiger partial charge in [0.2, 0.25) is 0 Å². The van der Waals surface area contributed by atoms with Crippen molar-refractivity contribution in [2.45, 2.75) is 38.3 Å². The van der Waals surface area contributed by atoms with Crippen molar-refractivity contribution < 1.29 is 32.8 Å². The van der Waals surface area contributed by atoms with Gasteiger partial charge in [-0.1, -0.05) is 13.3 Å². The Kier molecular flexibility index (Phi) is 8.14. The average molecular weight is 443 g/mol. The summed E-state index contributed by atoms with van der Waals surface area (Å²) >= 11 is 0. The second-order valence-electron chi connectivity index (χ2n) is 7.69. The Morgan fingerprint density at radius 3 is 2.57 bits per heavy atom. The van der Waals surface area contributed by atoms with E-state index in [1.807, 2.05) is 24.3 Å². The van der Waals surface area contributed by atoms with Gasteiger partial charge in [-0.05, 0) is 61.1 Å². The van der Waals surface area contributed by atoms with Gasteiger partial charge < -0.3 is 15.3 Å². The number of nitrogens with zero attached hydrogens (tertiary/aromatic N) is 2. The molecule has 0 spiro atoms. The molecule has 3 aliphatic heterocycles. The van der Waals surface area contributed by atoms with E-state index in [1.165, 1.54) is 12.8 Å². The molecule has 4 heterocycles. The summed E-state index contributed by atoms with van der Waals surface area (Å²) in [5, 5.41) is 12.2. The second kappa shape index (κ2) is 9.99. The van der Waals surface area contributed by atoms with Crippen molar-refractivity contribution >= 4 is 21.3 Å². The summed E-state index contributed by atoms with van der Waals surface area (Å²) in [5.41, 5.74) is 1.89. The molecule has 9 nitrogen and oxygen atoms in total. The zero-order chi connectivity index (χ0) is 21.2. The maximum Gasteiger partial charge on any atom is 0.394 e. The van der Waals surface area contributed by atoms with Gasteiger partial charge in [0.15, 0.2) is 0 Å². The van der Waals surface area contributed by atoms with Gasteiger partial charge in [-0.25, -0.2) is 0 Å².